The van der Waals surface area contributed by atoms with E-state index in [0.717, 1.165) is 0 Å². The molecule has 1 aliphatic rings. The number of benzene rings is 1. The standard InChI is InChI=1S/C12H14ClNO4/c1-16-6-9(13)5-14-12(15)8-2-3-10-11(4-8)18-7-17-10/h2-4,9H,5-7H2,1H3,(H,14,15). The third-order valence-electron chi connectivity index (χ3n) is 2.47. The molecule has 1 aromatic rings. The number of alkyl halides is 1. The Labute approximate surface area is 110 Å². The summed E-state index contributed by atoms with van der Waals surface area (Å²) in [6, 6.07) is 5.05. The number of hydrogen-bond donors (Lipinski definition) is 1. The van der Waals surface area contributed by atoms with E-state index in [0.29, 0.717) is 30.2 Å². The zero-order valence-corrected chi connectivity index (χ0v) is 10.7. The van der Waals surface area contributed by atoms with E-state index in [4.69, 9.17) is 25.8 Å². The van der Waals surface area contributed by atoms with Gasteiger partial charge in [-0.2, -0.15) is 0 Å². The average Bonchev–Trinajstić information content (AvgIpc) is 2.83. The smallest absolute Gasteiger partial charge is 0.251 e. The van der Waals surface area contributed by atoms with Gasteiger partial charge in [0.25, 0.3) is 5.91 Å². The topological polar surface area (TPSA) is 56.8 Å². The van der Waals surface area contributed by atoms with Crippen LogP contribution in [0, 0.1) is 0 Å². The van der Waals surface area contributed by atoms with Crippen molar-refractivity contribution in [1.29, 1.82) is 0 Å². The van der Waals surface area contributed by atoms with Crippen molar-refractivity contribution >= 4 is 17.5 Å². The monoisotopic (exact) mass is 271 g/mol. The van der Waals surface area contributed by atoms with Crippen LogP contribution < -0.4 is 14.8 Å². The van der Waals surface area contributed by atoms with E-state index in [-0.39, 0.29) is 18.1 Å². The molecule has 1 atom stereocenters. The van der Waals surface area contributed by atoms with Gasteiger partial charge in [-0.1, -0.05) is 0 Å². The van der Waals surface area contributed by atoms with E-state index < -0.39 is 0 Å². The Bertz CT molecular complexity index is 438. The van der Waals surface area contributed by atoms with Gasteiger partial charge in [0.15, 0.2) is 11.5 Å². The van der Waals surface area contributed by atoms with Gasteiger partial charge in [-0.25, -0.2) is 0 Å². The lowest BCUT2D eigenvalue weighted by Gasteiger charge is -2.10. The van der Waals surface area contributed by atoms with Gasteiger partial charge in [-0.15, -0.1) is 11.6 Å². The van der Waals surface area contributed by atoms with Gasteiger partial charge in [-0.3, -0.25) is 4.79 Å². The number of hydrogen-bond acceptors (Lipinski definition) is 4. The van der Waals surface area contributed by atoms with Crippen molar-refractivity contribution in [3.05, 3.63) is 23.8 Å². The summed E-state index contributed by atoms with van der Waals surface area (Å²) in [6.07, 6.45) is 0. The van der Waals surface area contributed by atoms with Crippen molar-refractivity contribution in [2.24, 2.45) is 0 Å². The molecule has 1 heterocycles. The highest BCUT2D eigenvalue weighted by atomic mass is 35.5. The van der Waals surface area contributed by atoms with Crippen molar-refractivity contribution in [1.82, 2.24) is 5.32 Å². The van der Waals surface area contributed by atoms with Gasteiger partial charge >= 0.3 is 0 Å². The van der Waals surface area contributed by atoms with Crippen molar-refractivity contribution < 1.29 is 19.0 Å². The molecule has 0 aromatic heterocycles. The summed E-state index contributed by atoms with van der Waals surface area (Å²) >= 11 is 5.92. The second kappa shape index (κ2) is 5.93. The van der Waals surface area contributed by atoms with Crippen LogP contribution >= 0.6 is 11.6 Å². The normalized spacial score (nSPS) is 14.3. The molecule has 98 valence electrons. The Morgan fingerprint density at radius 3 is 3.06 bits per heavy atom. The number of carbonyl (C=O) groups is 1. The van der Waals surface area contributed by atoms with Crippen molar-refractivity contribution in [3.8, 4) is 11.5 Å². The number of fused-ring (bicyclic) bond motifs is 1. The molecule has 6 heteroatoms. The van der Waals surface area contributed by atoms with Crippen LogP contribution in [0.2, 0.25) is 0 Å². The zero-order chi connectivity index (χ0) is 13.0. The van der Waals surface area contributed by atoms with Gasteiger partial charge in [0.05, 0.1) is 12.0 Å². The van der Waals surface area contributed by atoms with E-state index in [9.17, 15) is 4.79 Å². The number of nitrogens with one attached hydrogen (secondary N) is 1. The van der Waals surface area contributed by atoms with Gasteiger partial charge < -0.3 is 19.5 Å². The Morgan fingerprint density at radius 1 is 1.50 bits per heavy atom. The fourth-order valence-corrected chi connectivity index (χ4v) is 1.79. The van der Waals surface area contributed by atoms with Crippen LogP contribution in [0.5, 0.6) is 11.5 Å². The lowest BCUT2D eigenvalue weighted by Crippen LogP contribution is -2.31. The number of amides is 1. The molecular weight excluding hydrogens is 258 g/mol. The minimum atomic E-state index is -0.243. The first-order valence-corrected chi connectivity index (χ1v) is 5.95. The maximum Gasteiger partial charge on any atom is 0.251 e. The molecular formula is C12H14ClNO4. The maximum atomic E-state index is 11.8. The van der Waals surface area contributed by atoms with Gasteiger partial charge in [-0.05, 0) is 18.2 Å². The highest BCUT2D eigenvalue weighted by Gasteiger charge is 2.16. The number of carbonyl (C=O) groups excluding carboxylic acids is 1. The van der Waals surface area contributed by atoms with E-state index in [1.54, 1.807) is 25.3 Å². The van der Waals surface area contributed by atoms with Gasteiger partial charge in [0.1, 0.15) is 0 Å². The summed E-state index contributed by atoms with van der Waals surface area (Å²) in [5.74, 6) is 1.04. The summed E-state index contributed by atoms with van der Waals surface area (Å²) in [6.45, 7) is 0.934. The van der Waals surface area contributed by atoms with E-state index in [1.807, 2.05) is 0 Å². The third-order valence-corrected chi connectivity index (χ3v) is 2.75. The average molecular weight is 272 g/mol. The number of methoxy groups -OCH3 is 1. The van der Waals surface area contributed by atoms with Crippen LogP contribution in [0.4, 0.5) is 0 Å². The number of ether oxygens (including phenoxy) is 3. The Balaban J connectivity index is 1.93. The summed E-state index contributed by atoms with van der Waals surface area (Å²) in [7, 11) is 1.56. The largest absolute Gasteiger partial charge is 0.454 e. The van der Waals surface area contributed by atoms with Crippen LogP contribution in [0.25, 0.3) is 0 Å². The first-order chi connectivity index (χ1) is 8.70. The molecule has 1 N–H and O–H groups in total. The minimum Gasteiger partial charge on any atom is -0.454 e. The van der Waals surface area contributed by atoms with Crippen LogP contribution in [0.15, 0.2) is 18.2 Å². The summed E-state index contributed by atoms with van der Waals surface area (Å²) in [5.41, 5.74) is 0.514. The molecule has 0 saturated heterocycles. The highest BCUT2D eigenvalue weighted by molar-refractivity contribution is 6.21. The molecule has 1 amide bonds. The van der Waals surface area contributed by atoms with Crippen molar-refractivity contribution in [3.63, 3.8) is 0 Å². The molecule has 5 nitrogen and oxygen atoms in total. The van der Waals surface area contributed by atoms with Crippen LogP contribution in [0.3, 0.4) is 0 Å². The Hall–Kier alpha value is -1.46. The SMILES string of the molecule is COCC(Cl)CNC(=O)c1ccc2c(c1)OCO2. The van der Waals surface area contributed by atoms with Crippen LogP contribution in [-0.2, 0) is 4.74 Å². The summed E-state index contributed by atoms with van der Waals surface area (Å²) in [5, 5.41) is 2.48. The van der Waals surface area contributed by atoms with Crippen LogP contribution in [0.1, 0.15) is 10.4 Å². The fraction of sp³-hybridized carbons (Fsp3) is 0.417. The molecule has 0 aliphatic carbocycles. The molecule has 0 saturated carbocycles. The quantitative estimate of drug-likeness (QED) is 0.823. The lowest BCUT2D eigenvalue weighted by atomic mass is 10.2. The number of rotatable bonds is 5. The lowest BCUT2D eigenvalue weighted by molar-refractivity contribution is 0.0949. The predicted octanol–water partition coefficient (Wildman–Crippen LogP) is 1.40. The third kappa shape index (κ3) is 3.05. The molecule has 1 aliphatic heterocycles. The van der Waals surface area contributed by atoms with Crippen LogP contribution in [-0.4, -0.2) is 38.3 Å². The van der Waals surface area contributed by atoms with E-state index in [1.165, 1.54) is 0 Å². The zero-order valence-electron chi connectivity index (χ0n) is 9.94. The Morgan fingerprint density at radius 2 is 2.28 bits per heavy atom. The van der Waals surface area contributed by atoms with E-state index >= 15 is 0 Å². The molecule has 1 unspecified atom stereocenters. The molecule has 0 radical (unpaired) electrons. The second-order valence-electron chi connectivity index (χ2n) is 3.83. The first-order valence-electron chi connectivity index (χ1n) is 5.51. The fourth-order valence-electron chi connectivity index (χ4n) is 1.58. The molecule has 0 fully saturated rings. The van der Waals surface area contributed by atoms with Gasteiger partial charge in [0, 0.05) is 19.2 Å². The maximum absolute atomic E-state index is 11.8. The molecule has 2 rings (SSSR count). The molecule has 1 aromatic carbocycles. The second-order valence-corrected chi connectivity index (χ2v) is 4.45. The minimum absolute atomic E-state index is 0.192. The molecule has 0 spiro atoms. The van der Waals surface area contributed by atoms with Crippen molar-refractivity contribution in [2.75, 3.05) is 27.1 Å². The first kappa shape index (κ1) is 13.0. The Kier molecular flexibility index (Phi) is 4.28. The summed E-state index contributed by atoms with van der Waals surface area (Å²) < 4.78 is 15.3. The van der Waals surface area contributed by atoms with Gasteiger partial charge in [0.2, 0.25) is 6.79 Å². The molecule has 0 bridgehead atoms. The molecule has 18 heavy (non-hydrogen) atoms. The predicted molar refractivity (Wildman–Crippen MR) is 66.4 cm³/mol. The van der Waals surface area contributed by atoms with E-state index in [2.05, 4.69) is 5.32 Å². The number of halogens is 1. The summed E-state index contributed by atoms with van der Waals surface area (Å²) in [4.78, 5) is 11.8. The highest BCUT2D eigenvalue weighted by Crippen LogP contribution is 2.32. The van der Waals surface area contributed by atoms with Crippen molar-refractivity contribution in [2.45, 2.75) is 5.38 Å².